The lowest BCUT2D eigenvalue weighted by Gasteiger charge is -2.05. The van der Waals surface area contributed by atoms with Crippen molar-refractivity contribution in [1.29, 1.82) is 0 Å². The summed E-state index contributed by atoms with van der Waals surface area (Å²) < 4.78 is 3.26. The number of nitrogens with one attached hydrogen (secondary N) is 1. The number of hydrogen-bond acceptors (Lipinski definition) is 5. The maximum absolute atomic E-state index is 12.9. The van der Waals surface area contributed by atoms with Crippen LogP contribution in [0.15, 0.2) is 57.8 Å². The first-order valence-corrected chi connectivity index (χ1v) is 8.91. The molecular formula is C17H9N3O2S2. The van der Waals surface area contributed by atoms with E-state index in [9.17, 15) is 9.59 Å². The molecule has 24 heavy (non-hydrogen) atoms. The zero-order valence-electron chi connectivity index (χ0n) is 12.1. The summed E-state index contributed by atoms with van der Waals surface area (Å²) in [5.41, 5.74) is 3.23. The highest BCUT2D eigenvalue weighted by Gasteiger charge is 2.13. The highest BCUT2D eigenvalue weighted by atomic mass is 32.1. The number of H-pyrrole nitrogens is 1. The monoisotopic (exact) mass is 351 g/mol. The smallest absolute Gasteiger partial charge is 0.273 e. The van der Waals surface area contributed by atoms with Gasteiger partial charge >= 0.3 is 0 Å². The predicted octanol–water partition coefficient (Wildman–Crippen LogP) is 3.50. The normalized spacial score (nSPS) is 11.7. The number of fused-ring (bicyclic) bond motifs is 4. The van der Waals surface area contributed by atoms with Crippen LogP contribution in [-0.2, 0) is 0 Å². The van der Waals surface area contributed by atoms with Gasteiger partial charge in [0.2, 0.25) is 0 Å². The molecule has 5 rings (SSSR count). The van der Waals surface area contributed by atoms with E-state index in [1.165, 1.54) is 17.4 Å². The maximum Gasteiger partial charge on any atom is 0.273 e. The third-order valence-electron chi connectivity index (χ3n) is 4.04. The molecule has 0 aliphatic heterocycles. The Labute approximate surface area is 142 Å². The van der Waals surface area contributed by atoms with Gasteiger partial charge in [0, 0.05) is 23.8 Å². The van der Waals surface area contributed by atoms with E-state index in [4.69, 9.17) is 0 Å². The molecule has 0 amide bonds. The number of pyridine rings is 2. The molecule has 1 aromatic carbocycles. The molecule has 0 atom stereocenters. The van der Waals surface area contributed by atoms with Gasteiger partial charge in [0.1, 0.15) is 9.53 Å². The van der Waals surface area contributed by atoms with Gasteiger partial charge in [-0.15, -0.1) is 22.7 Å². The minimum Gasteiger partial charge on any atom is -0.353 e. The molecule has 7 heteroatoms. The summed E-state index contributed by atoms with van der Waals surface area (Å²) in [6.07, 6.45) is 3.32. The van der Waals surface area contributed by atoms with Crippen LogP contribution < -0.4 is 11.0 Å². The van der Waals surface area contributed by atoms with Crippen molar-refractivity contribution in [3.8, 4) is 5.69 Å². The number of thiophene rings is 1. The second kappa shape index (κ2) is 4.86. The van der Waals surface area contributed by atoms with Crippen molar-refractivity contribution in [3.63, 3.8) is 0 Å². The SMILES string of the molecule is O=c1cc[nH]c2sc3c(=O)n(-c4ccc5scnc5c4)ccc3c12. The summed E-state index contributed by atoms with van der Waals surface area (Å²) in [5.74, 6) is 0. The zero-order chi connectivity index (χ0) is 16.3. The third kappa shape index (κ3) is 1.82. The van der Waals surface area contributed by atoms with Gasteiger partial charge in [-0.2, -0.15) is 0 Å². The molecule has 0 saturated heterocycles. The molecule has 4 aromatic heterocycles. The van der Waals surface area contributed by atoms with Crippen molar-refractivity contribution in [2.75, 3.05) is 0 Å². The van der Waals surface area contributed by atoms with Crippen molar-refractivity contribution in [1.82, 2.24) is 14.5 Å². The van der Waals surface area contributed by atoms with E-state index < -0.39 is 0 Å². The van der Waals surface area contributed by atoms with Gasteiger partial charge in [0.15, 0.2) is 5.43 Å². The second-order valence-corrected chi connectivity index (χ2v) is 7.29. The molecule has 0 fully saturated rings. The Morgan fingerprint density at radius 1 is 1.12 bits per heavy atom. The highest BCUT2D eigenvalue weighted by Crippen LogP contribution is 2.28. The number of rotatable bonds is 1. The van der Waals surface area contributed by atoms with Gasteiger partial charge in [0.05, 0.1) is 26.8 Å². The van der Waals surface area contributed by atoms with Crippen molar-refractivity contribution < 1.29 is 0 Å². The van der Waals surface area contributed by atoms with Crippen LogP contribution in [0.1, 0.15) is 0 Å². The Balaban J connectivity index is 1.85. The summed E-state index contributed by atoms with van der Waals surface area (Å²) in [4.78, 5) is 33.1. The molecule has 5 nitrogen and oxygen atoms in total. The fraction of sp³-hybridized carbons (Fsp3) is 0. The Morgan fingerprint density at radius 2 is 2.04 bits per heavy atom. The lowest BCUT2D eigenvalue weighted by atomic mass is 10.2. The Bertz CT molecular complexity index is 1360. The van der Waals surface area contributed by atoms with Crippen LogP contribution in [0, 0.1) is 0 Å². The van der Waals surface area contributed by atoms with Crippen molar-refractivity contribution in [2.24, 2.45) is 0 Å². The number of nitrogens with zero attached hydrogens (tertiary/aromatic N) is 2. The van der Waals surface area contributed by atoms with Crippen LogP contribution >= 0.6 is 22.7 Å². The van der Waals surface area contributed by atoms with Crippen LogP contribution in [0.25, 0.3) is 36.2 Å². The van der Waals surface area contributed by atoms with E-state index in [1.807, 2.05) is 24.3 Å². The number of hydrogen-bond donors (Lipinski definition) is 1. The van der Waals surface area contributed by atoms with Gasteiger partial charge in [0.25, 0.3) is 5.56 Å². The summed E-state index contributed by atoms with van der Waals surface area (Å²) in [5, 5.41) is 1.28. The molecule has 5 aromatic rings. The molecule has 4 heterocycles. The lowest BCUT2D eigenvalue weighted by Crippen LogP contribution is -2.16. The first kappa shape index (κ1) is 13.6. The van der Waals surface area contributed by atoms with E-state index in [-0.39, 0.29) is 11.0 Å². The van der Waals surface area contributed by atoms with Crippen LogP contribution in [-0.4, -0.2) is 14.5 Å². The Kier molecular flexibility index (Phi) is 2.76. The molecule has 0 saturated carbocycles. The average molecular weight is 351 g/mol. The second-order valence-electron chi connectivity index (χ2n) is 5.39. The lowest BCUT2D eigenvalue weighted by molar-refractivity contribution is 1.01. The number of aromatic nitrogens is 3. The van der Waals surface area contributed by atoms with Crippen molar-refractivity contribution in [2.45, 2.75) is 0 Å². The van der Waals surface area contributed by atoms with Gasteiger partial charge < -0.3 is 4.98 Å². The van der Waals surface area contributed by atoms with E-state index in [2.05, 4.69) is 9.97 Å². The molecular weight excluding hydrogens is 342 g/mol. The molecule has 0 radical (unpaired) electrons. The first-order chi connectivity index (χ1) is 11.7. The Hall–Kier alpha value is -2.77. The number of benzene rings is 1. The van der Waals surface area contributed by atoms with Gasteiger partial charge in [-0.3, -0.25) is 14.2 Å². The third-order valence-corrected chi connectivity index (χ3v) is 5.97. The van der Waals surface area contributed by atoms with Crippen LogP contribution in [0.5, 0.6) is 0 Å². The van der Waals surface area contributed by atoms with E-state index in [0.29, 0.717) is 15.5 Å². The largest absolute Gasteiger partial charge is 0.353 e. The standard InChI is InChI=1S/C17H9N3O2S2/c21-12-3-5-18-16-14(12)10-4-6-20(17(22)15(10)24-16)9-1-2-13-11(7-9)19-8-23-13/h1-8H,(H,18,21). The maximum atomic E-state index is 12.9. The molecule has 1 N–H and O–H groups in total. The first-order valence-electron chi connectivity index (χ1n) is 7.21. The van der Waals surface area contributed by atoms with E-state index in [1.54, 1.807) is 33.8 Å². The average Bonchev–Trinajstić information content (AvgIpc) is 3.19. The molecule has 0 unspecified atom stereocenters. The molecule has 0 aliphatic rings. The van der Waals surface area contributed by atoms with Gasteiger partial charge in [-0.25, -0.2) is 4.98 Å². The zero-order valence-corrected chi connectivity index (χ0v) is 13.8. The predicted molar refractivity (Wildman–Crippen MR) is 98.7 cm³/mol. The number of aromatic amines is 1. The topological polar surface area (TPSA) is 67.8 Å². The summed E-state index contributed by atoms with van der Waals surface area (Å²) in [6, 6.07) is 9.09. The molecule has 0 spiro atoms. The van der Waals surface area contributed by atoms with Crippen LogP contribution in [0.3, 0.4) is 0 Å². The van der Waals surface area contributed by atoms with Crippen LogP contribution in [0.4, 0.5) is 0 Å². The number of thiazole rings is 1. The van der Waals surface area contributed by atoms with Gasteiger partial charge in [-0.1, -0.05) is 0 Å². The fourth-order valence-corrected chi connectivity index (χ4v) is 4.68. The highest BCUT2D eigenvalue weighted by molar-refractivity contribution is 7.25. The molecule has 0 bridgehead atoms. The van der Waals surface area contributed by atoms with Crippen molar-refractivity contribution >= 4 is 53.2 Å². The minimum absolute atomic E-state index is 0.0731. The fourth-order valence-electron chi connectivity index (χ4n) is 2.91. The Morgan fingerprint density at radius 3 is 2.96 bits per heavy atom. The molecule has 0 aliphatic carbocycles. The van der Waals surface area contributed by atoms with Crippen LogP contribution in [0.2, 0.25) is 0 Å². The van der Waals surface area contributed by atoms with E-state index >= 15 is 0 Å². The minimum atomic E-state index is -0.129. The quantitative estimate of drug-likeness (QED) is 0.502. The summed E-state index contributed by atoms with van der Waals surface area (Å²) in [6.45, 7) is 0. The van der Waals surface area contributed by atoms with Crippen molar-refractivity contribution in [3.05, 3.63) is 68.8 Å². The molecule has 116 valence electrons. The summed E-state index contributed by atoms with van der Waals surface area (Å²) in [7, 11) is 0. The summed E-state index contributed by atoms with van der Waals surface area (Å²) >= 11 is 2.88. The van der Waals surface area contributed by atoms with E-state index in [0.717, 1.165) is 20.7 Å². The van der Waals surface area contributed by atoms with Gasteiger partial charge in [-0.05, 0) is 24.3 Å².